The number of halogens is 1. The molecule has 0 radical (unpaired) electrons. The van der Waals surface area contributed by atoms with Crippen molar-refractivity contribution in [3.05, 3.63) is 52.6 Å². The molecule has 162 valence electrons. The number of aromatic nitrogens is 2. The second-order valence-electron chi connectivity index (χ2n) is 8.45. The Morgan fingerprint density at radius 2 is 2.00 bits per heavy atom. The molecule has 1 saturated heterocycles. The maximum Gasteiger partial charge on any atom is 0.272 e. The third-order valence-corrected chi connectivity index (χ3v) is 6.50. The van der Waals surface area contributed by atoms with E-state index in [-0.39, 0.29) is 18.3 Å². The molecule has 1 aliphatic carbocycles. The molecule has 6 nitrogen and oxygen atoms in total. The minimum atomic E-state index is -0.303. The fourth-order valence-electron chi connectivity index (χ4n) is 4.83. The number of hydrogen-bond donors (Lipinski definition) is 1. The smallest absolute Gasteiger partial charge is 0.272 e. The molecule has 1 aromatic heterocycles. The van der Waals surface area contributed by atoms with Crippen LogP contribution < -0.4 is 5.32 Å². The molecule has 1 N–H and O–H groups in total. The lowest BCUT2D eigenvalue weighted by molar-refractivity contribution is 0.0884. The van der Waals surface area contributed by atoms with Gasteiger partial charge in [-0.15, -0.1) is 0 Å². The van der Waals surface area contributed by atoms with Crippen molar-refractivity contribution in [1.29, 1.82) is 0 Å². The Morgan fingerprint density at radius 3 is 2.73 bits per heavy atom. The summed E-state index contributed by atoms with van der Waals surface area (Å²) in [6.45, 7) is 8.01. The number of amides is 1. The maximum absolute atomic E-state index is 13.9. The first-order valence-electron chi connectivity index (χ1n) is 11.1. The highest BCUT2D eigenvalue weighted by molar-refractivity contribution is 5.94. The molecule has 2 aliphatic rings. The number of carbonyl (C=O) groups excluding carboxylic acids is 1. The molecule has 4 rings (SSSR count). The van der Waals surface area contributed by atoms with Crippen molar-refractivity contribution in [3.8, 4) is 0 Å². The van der Waals surface area contributed by atoms with Gasteiger partial charge < -0.3 is 10.2 Å². The van der Waals surface area contributed by atoms with Gasteiger partial charge in [-0.3, -0.25) is 14.4 Å². The van der Waals surface area contributed by atoms with Gasteiger partial charge in [-0.1, -0.05) is 25.1 Å². The zero-order chi connectivity index (χ0) is 21.1. The number of nitrogens with zero attached hydrogens (tertiary/aromatic N) is 4. The van der Waals surface area contributed by atoms with Crippen LogP contribution in [0.4, 0.5) is 4.39 Å². The molecular weight excluding hydrogens is 381 g/mol. The Bertz CT molecular complexity index is 888. The molecule has 1 aromatic carbocycles. The van der Waals surface area contributed by atoms with E-state index in [1.807, 2.05) is 11.7 Å². The van der Waals surface area contributed by atoms with Gasteiger partial charge in [-0.05, 0) is 38.3 Å². The van der Waals surface area contributed by atoms with Crippen LogP contribution in [-0.4, -0.2) is 64.3 Å². The van der Waals surface area contributed by atoms with Gasteiger partial charge in [0, 0.05) is 62.6 Å². The lowest BCUT2D eigenvalue weighted by atomic mass is 9.89. The van der Waals surface area contributed by atoms with Crippen LogP contribution >= 0.6 is 0 Å². The van der Waals surface area contributed by atoms with E-state index in [9.17, 15) is 9.18 Å². The average molecular weight is 414 g/mol. The highest BCUT2D eigenvalue weighted by atomic mass is 19.1. The molecule has 30 heavy (non-hydrogen) atoms. The van der Waals surface area contributed by atoms with Crippen molar-refractivity contribution >= 4 is 5.91 Å². The summed E-state index contributed by atoms with van der Waals surface area (Å²) in [5.74, 6) is -0.522. The quantitative estimate of drug-likeness (QED) is 0.790. The number of hydrogen-bond acceptors (Lipinski definition) is 4. The van der Waals surface area contributed by atoms with Gasteiger partial charge >= 0.3 is 0 Å². The van der Waals surface area contributed by atoms with E-state index >= 15 is 0 Å². The molecule has 0 bridgehead atoms. The van der Waals surface area contributed by atoms with Crippen LogP contribution in [0.1, 0.15) is 47.1 Å². The summed E-state index contributed by atoms with van der Waals surface area (Å²) >= 11 is 0. The van der Waals surface area contributed by atoms with Crippen LogP contribution in [-0.2, 0) is 26.4 Å². The maximum atomic E-state index is 13.9. The van der Waals surface area contributed by atoms with Crippen molar-refractivity contribution in [3.63, 3.8) is 0 Å². The number of fused-ring (bicyclic) bond motifs is 1. The molecule has 1 amide bonds. The summed E-state index contributed by atoms with van der Waals surface area (Å²) in [6.07, 6.45) is 4.11. The van der Waals surface area contributed by atoms with Gasteiger partial charge in [0.25, 0.3) is 5.91 Å². The molecule has 1 atom stereocenters. The molecule has 7 heteroatoms. The summed E-state index contributed by atoms with van der Waals surface area (Å²) in [5.41, 5.74) is 3.21. The molecule has 1 aliphatic heterocycles. The Kier molecular flexibility index (Phi) is 6.49. The minimum Gasteiger partial charge on any atom is -0.346 e. The standard InChI is InChI=1S/C23H32FN5O/c1-3-10-28-11-13-29(14-12-28)18-8-9-21-19(15-18)22(26-27(21)2)23(30)25-16-17-6-4-5-7-20(17)24/h4-7,18H,3,8-16H2,1-2H3,(H,25,30)/t18-/m0/s1. The van der Waals surface area contributed by atoms with Crippen LogP contribution in [0.25, 0.3) is 0 Å². The van der Waals surface area contributed by atoms with E-state index in [4.69, 9.17) is 0 Å². The van der Waals surface area contributed by atoms with Crippen molar-refractivity contribution in [2.45, 2.75) is 45.2 Å². The Hall–Kier alpha value is -2.25. The van der Waals surface area contributed by atoms with E-state index in [0.29, 0.717) is 17.3 Å². The minimum absolute atomic E-state index is 0.166. The molecule has 0 unspecified atom stereocenters. The van der Waals surface area contributed by atoms with Crippen molar-refractivity contribution < 1.29 is 9.18 Å². The lowest BCUT2D eigenvalue weighted by Gasteiger charge is -2.40. The van der Waals surface area contributed by atoms with E-state index in [0.717, 1.165) is 56.7 Å². The van der Waals surface area contributed by atoms with Crippen molar-refractivity contribution in [2.75, 3.05) is 32.7 Å². The van der Waals surface area contributed by atoms with Crippen LogP contribution in [0.2, 0.25) is 0 Å². The summed E-state index contributed by atoms with van der Waals surface area (Å²) < 4.78 is 15.7. The van der Waals surface area contributed by atoms with E-state index in [2.05, 4.69) is 27.1 Å². The zero-order valence-corrected chi connectivity index (χ0v) is 18.0. The number of carbonyl (C=O) groups is 1. The molecule has 0 spiro atoms. The predicted octanol–water partition coefficient (Wildman–Crippen LogP) is 2.37. The fourth-order valence-corrected chi connectivity index (χ4v) is 4.83. The van der Waals surface area contributed by atoms with Crippen LogP contribution in [0.3, 0.4) is 0 Å². The molecule has 1 fully saturated rings. The van der Waals surface area contributed by atoms with E-state index in [1.54, 1.807) is 18.2 Å². The summed E-state index contributed by atoms with van der Waals surface area (Å²) in [5, 5.41) is 7.39. The van der Waals surface area contributed by atoms with Crippen LogP contribution in [0.15, 0.2) is 24.3 Å². The SMILES string of the molecule is CCCN1CCN([C@H]2CCc3c(c(C(=O)NCc4ccccc4F)nn3C)C2)CC1. The highest BCUT2D eigenvalue weighted by Crippen LogP contribution is 2.28. The second kappa shape index (κ2) is 9.27. The largest absolute Gasteiger partial charge is 0.346 e. The summed E-state index contributed by atoms with van der Waals surface area (Å²) in [6, 6.07) is 6.99. The fraction of sp³-hybridized carbons (Fsp3) is 0.565. The number of nitrogens with one attached hydrogen (secondary N) is 1. The summed E-state index contributed by atoms with van der Waals surface area (Å²) in [4.78, 5) is 18.0. The van der Waals surface area contributed by atoms with Crippen LogP contribution in [0.5, 0.6) is 0 Å². The highest BCUT2D eigenvalue weighted by Gasteiger charge is 2.32. The Morgan fingerprint density at radius 1 is 1.23 bits per heavy atom. The number of rotatable bonds is 6. The number of aryl methyl sites for hydroxylation is 1. The third-order valence-electron chi connectivity index (χ3n) is 6.50. The Labute approximate surface area is 178 Å². The molecular formula is C23H32FN5O. The lowest BCUT2D eigenvalue weighted by Crippen LogP contribution is -2.51. The number of benzene rings is 1. The predicted molar refractivity (Wildman–Crippen MR) is 115 cm³/mol. The van der Waals surface area contributed by atoms with E-state index < -0.39 is 0 Å². The van der Waals surface area contributed by atoms with Crippen molar-refractivity contribution in [1.82, 2.24) is 24.9 Å². The first kappa shape index (κ1) is 21.0. The monoisotopic (exact) mass is 413 g/mol. The topological polar surface area (TPSA) is 53.4 Å². The van der Waals surface area contributed by atoms with Gasteiger partial charge in [0.15, 0.2) is 5.69 Å². The number of piperazine rings is 1. The normalized spacial score (nSPS) is 20.2. The van der Waals surface area contributed by atoms with Crippen molar-refractivity contribution in [2.24, 2.45) is 7.05 Å². The molecule has 2 aromatic rings. The second-order valence-corrected chi connectivity index (χ2v) is 8.45. The van der Waals surface area contributed by atoms with E-state index in [1.165, 1.54) is 19.0 Å². The molecule has 0 saturated carbocycles. The Balaban J connectivity index is 1.43. The van der Waals surface area contributed by atoms with Gasteiger partial charge in [0.1, 0.15) is 5.82 Å². The van der Waals surface area contributed by atoms with Gasteiger partial charge in [-0.25, -0.2) is 4.39 Å². The average Bonchev–Trinajstić information content (AvgIpc) is 3.10. The zero-order valence-electron chi connectivity index (χ0n) is 18.0. The first-order chi connectivity index (χ1) is 14.6. The van der Waals surface area contributed by atoms with Gasteiger partial charge in [-0.2, -0.15) is 5.10 Å². The van der Waals surface area contributed by atoms with Gasteiger partial charge in [0.05, 0.1) is 0 Å². The molecule has 2 heterocycles. The summed E-state index contributed by atoms with van der Waals surface area (Å²) in [7, 11) is 1.91. The first-order valence-corrected chi connectivity index (χ1v) is 11.1. The third kappa shape index (κ3) is 4.42. The van der Waals surface area contributed by atoms with Crippen LogP contribution in [0, 0.1) is 5.82 Å². The van der Waals surface area contributed by atoms with Gasteiger partial charge in [0.2, 0.25) is 0 Å².